The topological polar surface area (TPSA) is 89.9 Å². The van der Waals surface area contributed by atoms with E-state index in [4.69, 9.17) is 5.11 Å². The van der Waals surface area contributed by atoms with Gasteiger partial charge in [0, 0.05) is 19.5 Å². The Kier molecular flexibility index (Phi) is 6.95. The number of nitrogens with one attached hydrogen (secondary N) is 1. The molecule has 2 amide bonds. The van der Waals surface area contributed by atoms with Crippen molar-refractivity contribution in [3.8, 4) is 0 Å². The molecule has 1 rings (SSSR count). The third-order valence-electron chi connectivity index (χ3n) is 4.13. The van der Waals surface area contributed by atoms with Gasteiger partial charge in [-0.15, -0.1) is 0 Å². The highest BCUT2D eigenvalue weighted by Crippen LogP contribution is 2.20. The van der Waals surface area contributed by atoms with Gasteiger partial charge in [-0.05, 0) is 38.5 Å². The van der Waals surface area contributed by atoms with Crippen LogP contribution in [0.25, 0.3) is 0 Å². The minimum Gasteiger partial charge on any atom is -0.481 e. The molecule has 0 aliphatic carbocycles. The number of hydrogen-bond donors (Lipinski definition) is 3. The van der Waals surface area contributed by atoms with E-state index in [1.807, 2.05) is 6.92 Å². The summed E-state index contributed by atoms with van der Waals surface area (Å²) in [5.41, 5.74) is -0.789. The third-order valence-corrected chi connectivity index (χ3v) is 4.13. The number of rotatable bonds is 7. The quantitative estimate of drug-likeness (QED) is 0.669. The summed E-state index contributed by atoms with van der Waals surface area (Å²) < 4.78 is 0. The predicted molar refractivity (Wildman–Crippen MR) is 80.1 cm³/mol. The van der Waals surface area contributed by atoms with E-state index in [2.05, 4.69) is 5.32 Å². The second-order valence-electron chi connectivity index (χ2n) is 6.25. The van der Waals surface area contributed by atoms with Crippen LogP contribution in [0.4, 0.5) is 4.79 Å². The number of carboxylic acids is 1. The Hall–Kier alpha value is -1.30. The summed E-state index contributed by atoms with van der Waals surface area (Å²) in [6, 6.07) is -0.136. The van der Waals surface area contributed by atoms with Crippen LogP contribution in [0.3, 0.4) is 0 Å². The molecule has 0 aromatic heterocycles. The Balaban J connectivity index is 2.27. The van der Waals surface area contributed by atoms with Crippen molar-refractivity contribution in [1.82, 2.24) is 10.2 Å². The van der Waals surface area contributed by atoms with Crippen molar-refractivity contribution in [3.05, 3.63) is 0 Å². The molecule has 0 aromatic carbocycles. The van der Waals surface area contributed by atoms with Gasteiger partial charge in [0.05, 0.1) is 12.1 Å². The number of piperidine rings is 1. The van der Waals surface area contributed by atoms with Crippen molar-refractivity contribution in [3.63, 3.8) is 0 Å². The van der Waals surface area contributed by atoms with Crippen molar-refractivity contribution >= 4 is 12.0 Å². The molecule has 122 valence electrons. The number of carbonyl (C=O) groups excluding carboxylic acids is 1. The summed E-state index contributed by atoms with van der Waals surface area (Å²) in [6.45, 7) is 5.39. The monoisotopic (exact) mass is 300 g/mol. The molecule has 0 aromatic rings. The van der Waals surface area contributed by atoms with Crippen LogP contribution in [-0.4, -0.2) is 52.3 Å². The maximum atomic E-state index is 12.0. The van der Waals surface area contributed by atoms with Crippen LogP contribution in [0.2, 0.25) is 0 Å². The molecule has 0 spiro atoms. The molecule has 21 heavy (non-hydrogen) atoms. The molecule has 1 aliphatic heterocycles. The fraction of sp³-hybridized carbons (Fsp3) is 0.867. The number of β-amino-alcohol motifs (C(OH)–C–C–N with tert-alkyl or cyclic N) is 1. The molecule has 0 bridgehead atoms. The van der Waals surface area contributed by atoms with Crippen LogP contribution in [0.1, 0.15) is 52.4 Å². The summed E-state index contributed by atoms with van der Waals surface area (Å²) in [5, 5.41) is 21.6. The molecule has 2 unspecified atom stereocenters. The summed E-state index contributed by atoms with van der Waals surface area (Å²) in [7, 11) is 0. The predicted octanol–water partition coefficient (Wildman–Crippen LogP) is 1.82. The van der Waals surface area contributed by atoms with Crippen molar-refractivity contribution in [1.29, 1.82) is 0 Å². The first-order valence-electron chi connectivity index (χ1n) is 7.81. The number of aliphatic hydroxyl groups is 1. The highest BCUT2D eigenvalue weighted by molar-refractivity contribution is 5.74. The average Bonchev–Trinajstić information content (AvgIpc) is 2.41. The molecule has 6 nitrogen and oxygen atoms in total. The highest BCUT2D eigenvalue weighted by atomic mass is 16.4. The Labute approximate surface area is 126 Å². The summed E-state index contributed by atoms with van der Waals surface area (Å²) in [5.74, 6) is -0.445. The first-order chi connectivity index (χ1) is 9.84. The van der Waals surface area contributed by atoms with E-state index in [0.717, 1.165) is 25.7 Å². The van der Waals surface area contributed by atoms with Crippen LogP contribution in [0, 0.1) is 5.92 Å². The highest BCUT2D eigenvalue weighted by Gasteiger charge is 2.30. The zero-order chi connectivity index (χ0) is 15.9. The smallest absolute Gasteiger partial charge is 0.317 e. The molecule has 1 heterocycles. The Bertz CT molecular complexity index is 358. The zero-order valence-corrected chi connectivity index (χ0v) is 13.1. The minimum atomic E-state index is -0.789. The van der Waals surface area contributed by atoms with Crippen LogP contribution in [0.15, 0.2) is 0 Å². The van der Waals surface area contributed by atoms with Crippen LogP contribution < -0.4 is 5.32 Å². The van der Waals surface area contributed by atoms with E-state index in [1.165, 1.54) is 0 Å². The average molecular weight is 300 g/mol. The SMILES string of the molecule is CCC(CCNC(=O)N1CCCC(C)(O)C1)CCC(=O)O. The van der Waals surface area contributed by atoms with Crippen LogP contribution in [-0.2, 0) is 4.79 Å². The van der Waals surface area contributed by atoms with E-state index in [0.29, 0.717) is 32.0 Å². The fourth-order valence-electron chi connectivity index (χ4n) is 2.77. The Morgan fingerprint density at radius 3 is 2.67 bits per heavy atom. The van der Waals surface area contributed by atoms with Gasteiger partial charge in [0.1, 0.15) is 0 Å². The molecule has 1 aliphatic rings. The molecule has 3 N–H and O–H groups in total. The molecule has 0 saturated carbocycles. The van der Waals surface area contributed by atoms with Crippen molar-refractivity contribution in [2.75, 3.05) is 19.6 Å². The second-order valence-corrected chi connectivity index (χ2v) is 6.25. The van der Waals surface area contributed by atoms with Gasteiger partial charge in [0.15, 0.2) is 0 Å². The Morgan fingerprint density at radius 2 is 2.10 bits per heavy atom. The van der Waals surface area contributed by atoms with Gasteiger partial charge in [-0.25, -0.2) is 4.79 Å². The van der Waals surface area contributed by atoms with Gasteiger partial charge in [0.25, 0.3) is 0 Å². The maximum Gasteiger partial charge on any atom is 0.317 e. The summed E-state index contributed by atoms with van der Waals surface area (Å²) in [6.07, 6.45) is 4.09. The zero-order valence-electron chi connectivity index (χ0n) is 13.1. The van der Waals surface area contributed by atoms with Gasteiger partial charge >= 0.3 is 12.0 Å². The van der Waals surface area contributed by atoms with Gasteiger partial charge in [-0.2, -0.15) is 0 Å². The number of urea groups is 1. The number of likely N-dealkylation sites (tertiary alicyclic amines) is 1. The number of aliphatic carboxylic acids is 1. The molecule has 6 heteroatoms. The number of carboxylic acid groups (broad SMARTS) is 1. The van der Waals surface area contributed by atoms with Crippen LogP contribution in [0.5, 0.6) is 0 Å². The number of hydrogen-bond acceptors (Lipinski definition) is 3. The fourth-order valence-corrected chi connectivity index (χ4v) is 2.77. The normalized spacial score (nSPS) is 23.7. The first-order valence-corrected chi connectivity index (χ1v) is 7.81. The molecular formula is C15H28N2O4. The molecular weight excluding hydrogens is 272 g/mol. The first kappa shape index (κ1) is 17.8. The lowest BCUT2D eigenvalue weighted by Gasteiger charge is -2.36. The lowest BCUT2D eigenvalue weighted by Crippen LogP contribution is -2.52. The third kappa shape index (κ3) is 6.80. The summed E-state index contributed by atoms with van der Waals surface area (Å²) >= 11 is 0. The van der Waals surface area contributed by atoms with Gasteiger partial charge in [-0.3, -0.25) is 4.79 Å². The number of amides is 2. The number of nitrogens with zero attached hydrogens (tertiary/aromatic N) is 1. The van der Waals surface area contributed by atoms with Gasteiger partial charge in [0.2, 0.25) is 0 Å². The molecule has 0 radical (unpaired) electrons. The largest absolute Gasteiger partial charge is 0.481 e. The van der Waals surface area contributed by atoms with Crippen molar-refractivity contribution < 1.29 is 19.8 Å². The van der Waals surface area contributed by atoms with Gasteiger partial charge < -0.3 is 20.4 Å². The van der Waals surface area contributed by atoms with Crippen molar-refractivity contribution in [2.24, 2.45) is 5.92 Å². The van der Waals surface area contributed by atoms with E-state index < -0.39 is 11.6 Å². The van der Waals surface area contributed by atoms with E-state index >= 15 is 0 Å². The summed E-state index contributed by atoms with van der Waals surface area (Å²) in [4.78, 5) is 24.3. The molecule has 2 atom stereocenters. The second kappa shape index (κ2) is 8.22. The van der Waals surface area contributed by atoms with E-state index in [-0.39, 0.29) is 12.5 Å². The van der Waals surface area contributed by atoms with Crippen molar-refractivity contribution in [2.45, 2.75) is 58.0 Å². The minimum absolute atomic E-state index is 0.136. The standard InChI is InChI=1S/C15H28N2O4/c1-3-12(5-6-13(18)19)7-9-16-14(20)17-10-4-8-15(2,21)11-17/h12,21H,3-11H2,1-2H3,(H,16,20)(H,18,19). The van der Waals surface area contributed by atoms with E-state index in [9.17, 15) is 14.7 Å². The molecule has 1 fully saturated rings. The maximum absolute atomic E-state index is 12.0. The number of carbonyl (C=O) groups is 2. The lowest BCUT2D eigenvalue weighted by atomic mass is 9.95. The van der Waals surface area contributed by atoms with Crippen LogP contribution >= 0.6 is 0 Å². The lowest BCUT2D eigenvalue weighted by molar-refractivity contribution is -0.137. The van der Waals surface area contributed by atoms with E-state index in [1.54, 1.807) is 11.8 Å². The van der Waals surface area contributed by atoms with Gasteiger partial charge in [-0.1, -0.05) is 13.3 Å². The molecule has 1 saturated heterocycles. The Morgan fingerprint density at radius 1 is 1.38 bits per heavy atom.